The standard InChI is InChI=1S/C14H24N2O2/c1-15(2)13-7-5-12(6-8-13)9-16(3)10-14(17)11-18-4/h5-8,14,17H,9-11H2,1-4H3. The third kappa shape index (κ3) is 5.04. The van der Waals surface area contributed by atoms with Crippen molar-refractivity contribution in [1.29, 1.82) is 0 Å². The summed E-state index contributed by atoms with van der Waals surface area (Å²) < 4.78 is 4.91. The van der Waals surface area contributed by atoms with Gasteiger partial charge in [0.05, 0.1) is 12.7 Å². The fraction of sp³-hybridized carbons (Fsp3) is 0.571. The summed E-state index contributed by atoms with van der Waals surface area (Å²) in [5.41, 5.74) is 2.44. The number of hydrogen-bond acceptors (Lipinski definition) is 4. The van der Waals surface area contributed by atoms with Crippen molar-refractivity contribution in [3.8, 4) is 0 Å². The summed E-state index contributed by atoms with van der Waals surface area (Å²) in [6.45, 7) is 1.82. The molecule has 1 aromatic rings. The number of anilines is 1. The van der Waals surface area contributed by atoms with Gasteiger partial charge in [0, 0.05) is 40.0 Å². The Balaban J connectivity index is 2.46. The monoisotopic (exact) mass is 252 g/mol. The van der Waals surface area contributed by atoms with E-state index in [0.29, 0.717) is 13.2 Å². The zero-order valence-corrected chi connectivity index (χ0v) is 11.8. The predicted molar refractivity (Wildman–Crippen MR) is 75.0 cm³/mol. The summed E-state index contributed by atoms with van der Waals surface area (Å²) in [6, 6.07) is 8.45. The summed E-state index contributed by atoms with van der Waals surface area (Å²) in [7, 11) is 7.66. The van der Waals surface area contributed by atoms with E-state index >= 15 is 0 Å². The first kappa shape index (κ1) is 15.0. The van der Waals surface area contributed by atoms with Gasteiger partial charge in [0.25, 0.3) is 0 Å². The Morgan fingerprint density at radius 3 is 2.28 bits per heavy atom. The van der Waals surface area contributed by atoms with Crippen LogP contribution in [0.25, 0.3) is 0 Å². The summed E-state index contributed by atoms with van der Waals surface area (Å²) in [5.74, 6) is 0. The van der Waals surface area contributed by atoms with Crippen LogP contribution in [0.2, 0.25) is 0 Å². The van der Waals surface area contributed by atoms with Crippen LogP contribution in [0, 0.1) is 0 Å². The molecule has 0 spiro atoms. The molecule has 0 saturated heterocycles. The molecule has 1 aromatic carbocycles. The molecular formula is C14H24N2O2. The van der Waals surface area contributed by atoms with Crippen LogP contribution in [0.5, 0.6) is 0 Å². The Labute approximate surface area is 110 Å². The Morgan fingerprint density at radius 1 is 1.17 bits per heavy atom. The third-order valence-corrected chi connectivity index (χ3v) is 2.79. The summed E-state index contributed by atoms with van der Waals surface area (Å²) in [6.07, 6.45) is -0.430. The molecule has 1 unspecified atom stereocenters. The van der Waals surface area contributed by atoms with Crippen molar-refractivity contribution in [3.05, 3.63) is 29.8 Å². The van der Waals surface area contributed by atoms with Crippen LogP contribution in [0.3, 0.4) is 0 Å². The average Bonchev–Trinajstić information content (AvgIpc) is 2.29. The van der Waals surface area contributed by atoms with Crippen LogP contribution < -0.4 is 4.90 Å². The molecule has 0 fully saturated rings. The summed E-state index contributed by atoms with van der Waals surface area (Å²) in [5, 5.41) is 9.64. The van der Waals surface area contributed by atoms with E-state index in [-0.39, 0.29) is 0 Å². The number of aliphatic hydroxyl groups is 1. The molecule has 0 radical (unpaired) electrons. The fourth-order valence-electron chi connectivity index (χ4n) is 1.88. The van der Waals surface area contributed by atoms with Gasteiger partial charge in [0.1, 0.15) is 0 Å². The molecule has 102 valence electrons. The van der Waals surface area contributed by atoms with E-state index in [0.717, 1.165) is 6.54 Å². The minimum atomic E-state index is -0.430. The Morgan fingerprint density at radius 2 is 1.78 bits per heavy atom. The number of hydrogen-bond donors (Lipinski definition) is 1. The van der Waals surface area contributed by atoms with Gasteiger partial charge in [0.2, 0.25) is 0 Å². The van der Waals surface area contributed by atoms with Gasteiger partial charge in [-0.3, -0.25) is 4.90 Å². The number of nitrogens with zero attached hydrogens (tertiary/aromatic N) is 2. The van der Waals surface area contributed by atoms with Crippen molar-refractivity contribution < 1.29 is 9.84 Å². The minimum absolute atomic E-state index is 0.379. The topological polar surface area (TPSA) is 35.9 Å². The highest BCUT2D eigenvalue weighted by Crippen LogP contribution is 2.13. The van der Waals surface area contributed by atoms with E-state index in [1.165, 1.54) is 11.3 Å². The number of methoxy groups -OCH3 is 1. The van der Waals surface area contributed by atoms with Gasteiger partial charge in [-0.15, -0.1) is 0 Å². The number of ether oxygens (including phenoxy) is 1. The average molecular weight is 252 g/mol. The maximum Gasteiger partial charge on any atom is 0.0900 e. The quantitative estimate of drug-likeness (QED) is 0.791. The van der Waals surface area contributed by atoms with Crippen LogP contribution in [0.4, 0.5) is 5.69 Å². The lowest BCUT2D eigenvalue weighted by molar-refractivity contribution is 0.0419. The Kier molecular flexibility index (Phi) is 6.12. The molecule has 4 heteroatoms. The second kappa shape index (κ2) is 7.36. The second-order valence-corrected chi connectivity index (χ2v) is 4.87. The van der Waals surface area contributed by atoms with Crippen LogP contribution in [-0.2, 0) is 11.3 Å². The van der Waals surface area contributed by atoms with Crippen molar-refractivity contribution in [2.45, 2.75) is 12.6 Å². The highest BCUT2D eigenvalue weighted by atomic mass is 16.5. The smallest absolute Gasteiger partial charge is 0.0900 e. The van der Waals surface area contributed by atoms with Crippen molar-refractivity contribution in [2.24, 2.45) is 0 Å². The van der Waals surface area contributed by atoms with E-state index in [1.807, 2.05) is 21.1 Å². The molecular weight excluding hydrogens is 228 g/mol. The van der Waals surface area contributed by atoms with Crippen LogP contribution in [-0.4, -0.2) is 57.5 Å². The summed E-state index contributed by atoms with van der Waals surface area (Å²) >= 11 is 0. The third-order valence-electron chi connectivity index (χ3n) is 2.79. The van der Waals surface area contributed by atoms with E-state index in [4.69, 9.17) is 4.74 Å². The van der Waals surface area contributed by atoms with E-state index in [1.54, 1.807) is 7.11 Å². The van der Waals surface area contributed by atoms with Gasteiger partial charge in [-0.25, -0.2) is 0 Å². The van der Waals surface area contributed by atoms with E-state index < -0.39 is 6.10 Å². The largest absolute Gasteiger partial charge is 0.389 e. The molecule has 1 rings (SSSR count). The zero-order valence-electron chi connectivity index (χ0n) is 11.8. The maximum atomic E-state index is 9.64. The Hall–Kier alpha value is -1.10. The molecule has 0 aliphatic carbocycles. The van der Waals surface area contributed by atoms with Gasteiger partial charge in [0.15, 0.2) is 0 Å². The molecule has 1 N–H and O–H groups in total. The highest BCUT2D eigenvalue weighted by molar-refractivity contribution is 5.45. The van der Waals surface area contributed by atoms with E-state index in [9.17, 15) is 5.11 Å². The first-order chi connectivity index (χ1) is 8.52. The Bertz CT molecular complexity index is 338. The summed E-state index contributed by atoms with van der Waals surface area (Å²) in [4.78, 5) is 4.17. The maximum absolute atomic E-state index is 9.64. The zero-order chi connectivity index (χ0) is 13.5. The van der Waals surface area contributed by atoms with Gasteiger partial charge >= 0.3 is 0 Å². The highest BCUT2D eigenvalue weighted by Gasteiger charge is 2.08. The minimum Gasteiger partial charge on any atom is -0.389 e. The first-order valence-corrected chi connectivity index (χ1v) is 6.14. The molecule has 0 heterocycles. The number of rotatable bonds is 7. The molecule has 0 aromatic heterocycles. The van der Waals surface area contributed by atoms with Crippen LogP contribution in [0.15, 0.2) is 24.3 Å². The molecule has 0 bridgehead atoms. The fourth-order valence-corrected chi connectivity index (χ4v) is 1.88. The lowest BCUT2D eigenvalue weighted by atomic mass is 10.2. The van der Waals surface area contributed by atoms with Crippen molar-refractivity contribution >= 4 is 5.69 Å². The molecule has 4 nitrogen and oxygen atoms in total. The van der Waals surface area contributed by atoms with E-state index in [2.05, 4.69) is 34.1 Å². The van der Waals surface area contributed by atoms with Crippen LogP contribution >= 0.6 is 0 Å². The first-order valence-electron chi connectivity index (χ1n) is 6.14. The lowest BCUT2D eigenvalue weighted by Crippen LogP contribution is -2.31. The molecule has 0 aliphatic heterocycles. The normalized spacial score (nSPS) is 12.8. The number of likely N-dealkylation sites (N-methyl/N-ethyl adjacent to an activating group) is 1. The second-order valence-electron chi connectivity index (χ2n) is 4.87. The SMILES string of the molecule is COCC(O)CN(C)Cc1ccc(N(C)C)cc1. The molecule has 1 atom stereocenters. The van der Waals surface area contributed by atoms with Crippen LogP contribution in [0.1, 0.15) is 5.56 Å². The predicted octanol–water partition coefficient (Wildman–Crippen LogP) is 1.19. The molecule has 0 saturated carbocycles. The number of benzene rings is 1. The molecule has 0 amide bonds. The molecule has 18 heavy (non-hydrogen) atoms. The lowest BCUT2D eigenvalue weighted by Gasteiger charge is -2.20. The number of aliphatic hydroxyl groups excluding tert-OH is 1. The van der Waals surface area contributed by atoms with Crippen molar-refractivity contribution in [3.63, 3.8) is 0 Å². The van der Waals surface area contributed by atoms with Crippen molar-refractivity contribution in [2.75, 3.05) is 46.3 Å². The van der Waals surface area contributed by atoms with Gasteiger partial charge in [-0.2, -0.15) is 0 Å². The van der Waals surface area contributed by atoms with Crippen molar-refractivity contribution in [1.82, 2.24) is 4.90 Å². The molecule has 0 aliphatic rings. The van der Waals surface area contributed by atoms with Gasteiger partial charge < -0.3 is 14.7 Å². The van der Waals surface area contributed by atoms with Gasteiger partial charge in [-0.05, 0) is 24.7 Å². The van der Waals surface area contributed by atoms with Gasteiger partial charge in [-0.1, -0.05) is 12.1 Å².